The van der Waals surface area contributed by atoms with Gasteiger partial charge in [0.1, 0.15) is 0 Å². The molecule has 1 aliphatic rings. The van der Waals surface area contributed by atoms with Gasteiger partial charge in [0.2, 0.25) is 0 Å². The van der Waals surface area contributed by atoms with Crippen molar-refractivity contribution in [3.63, 3.8) is 0 Å². The van der Waals surface area contributed by atoms with Crippen molar-refractivity contribution in [2.24, 2.45) is 0 Å². The van der Waals surface area contributed by atoms with E-state index >= 15 is 0 Å². The molecule has 5 rings (SSSR count). The molecule has 0 bridgehead atoms. The van der Waals surface area contributed by atoms with Crippen LogP contribution in [0.15, 0.2) is 89.8 Å². The summed E-state index contributed by atoms with van der Waals surface area (Å²) in [5.41, 5.74) is 2.22. The third-order valence-electron chi connectivity index (χ3n) is 5.79. The molecular weight excluding hydrogens is 479 g/mol. The Labute approximate surface area is 207 Å². The Bertz CT molecular complexity index is 1240. The van der Waals surface area contributed by atoms with Crippen molar-refractivity contribution in [3.8, 4) is 0 Å². The summed E-state index contributed by atoms with van der Waals surface area (Å²) >= 11 is 20.8. The minimum Gasteiger partial charge on any atom is -0.361 e. The highest BCUT2D eigenvalue weighted by molar-refractivity contribution is 7.97. The van der Waals surface area contributed by atoms with E-state index in [9.17, 15) is 0 Å². The van der Waals surface area contributed by atoms with Crippen LogP contribution in [0.2, 0.25) is 15.1 Å². The first-order chi connectivity index (χ1) is 15.6. The van der Waals surface area contributed by atoms with Gasteiger partial charge in [-0.3, -0.25) is 0 Å². The van der Waals surface area contributed by atoms with Gasteiger partial charge in [0, 0.05) is 34.6 Å². The SMILES string of the molecule is Clc1ccc(C2CN(Sc3cccc4ccccc34)CCN2c2ccc(Cl)cc2Cl)cc1. The number of fused-ring (bicyclic) bond motifs is 1. The summed E-state index contributed by atoms with van der Waals surface area (Å²) in [7, 11) is 0. The topological polar surface area (TPSA) is 6.48 Å². The van der Waals surface area contributed by atoms with Gasteiger partial charge in [0.05, 0.1) is 16.8 Å². The predicted octanol–water partition coefficient (Wildman–Crippen LogP) is 8.37. The van der Waals surface area contributed by atoms with Crippen LogP contribution in [0.1, 0.15) is 11.6 Å². The normalized spacial score (nSPS) is 17.1. The Morgan fingerprint density at radius 2 is 1.50 bits per heavy atom. The lowest BCUT2D eigenvalue weighted by molar-refractivity contribution is 0.366. The van der Waals surface area contributed by atoms with Crippen LogP contribution in [0.5, 0.6) is 0 Å². The molecule has 32 heavy (non-hydrogen) atoms. The van der Waals surface area contributed by atoms with Crippen LogP contribution in [-0.4, -0.2) is 23.9 Å². The third-order valence-corrected chi connectivity index (χ3v) is 7.73. The summed E-state index contributed by atoms with van der Waals surface area (Å²) in [4.78, 5) is 3.65. The van der Waals surface area contributed by atoms with Crippen molar-refractivity contribution in [1.29, 1.82) is 0 Å². The molecule has 2 nitrogen and oxygen atoms in total. The molecule has 0 radical (unpaired) electrons. The Kier molecular flexibility index (Phi) is 6.54. The second kappa shape index (κ2) is 9.54. The minimum absolute atomic E-state index is 0.141. The summed E-state index contributed by atoms with van der Waals surface area (Å²) in [6.07, 6.45) is 0. The Morgan fingerprint density at radius 1 is 0.750 bits per heavy atom. The molecule has 0 aromatic heterocycles. The first kappa shape index (κ1) is 21.9. The van der Waals surface area contributed by atoms with Gasteiger partial charge in [0.25, 0.3) is 0 Å². The third kappa shape index (κ3) is 4.59. The van der Waals surface area contributed by atoms with Gasteiger partial charge >= 0.3 is 0 Å². The highest BCUT2D eigenvalue weighted by atomic mass is 35.5. The zero-order chi connectivity index (χ0) is 22.1. The lowest BCUT2D eigenvalue weighted by atomic mass is 10.0. The number of hydrogen-bond acceptors (Lipinski definition) is 3. The molecule has 1 aliphatic heterocycles. The van der Waals surface area contributed by atoms with Crippen LogP contribution in [-0.2, 0) is 0 Å². The molecule has 4 aromatic rings. The largest absolute Gasteiger partial charge is 0.361 e. The molecule has 4 aromatic carbocycles. The number of hydrogen-bond donors (Lipinski definition) is 0. The van der Waals surface area contributed by atoms with Gasteiger partial charge < -0.3 is 4.90 Å². The quantitative estimate of drug-likeness (QED) is 0.260. The average Bonchev–Trinajstić information content (AvgIpc) is 2.80. The highest BCUT2D eigenvalue weighted by Gasteiger charge is 2.30. The van der Waals surface area contributed by atoms with Crippen LogP contribution in [0, 0.1) is 0 Å². The lowest BCUT2D eigenvalue weighted by Gasteiger charge is -2.43. The fourth-order valence-corrected chi connectivity index (χ4v) is 5.96. The molecule has 0 spiro atoms. The minimum atomic E-state index is 0.141. The standard InChI is InChI=1S/C26H21Cl3N2S/c27-20-10-8-19(9-11-20)25-17-30(14-15-31(25)24-13-12-21(28)16-23(24)29)32-26-7-3-5-18-4-1-2-6-22(18)26/h1-13,16,25H,14-15,17H2. The van der Waals surface area contributed by atoms with Crippen molar-refractivity contribution in [3.05, 3.63) is 106 Å². The van der Waals surface area contributed by atoms with Crippen molar-refractivity contribution in [2.75, 3.05) is 24.5 Å². The monoisotopic (exact) mass is 498 g/mol. The summed E-state index contributed by atoms with van der Waals surface area (Å²) in [6, 6.07) is 29.0. The predicted molar refractivity (Wildman–Crippen MR) is 139 cm³/mol. The van der Waals surface area contributed by atoms with Gasteiger partial charge in [-0.05, 0) is 64.7 Å². The van der Waals surface area contributed by atoms with Crippen LogP contribution in [0.25, 0.3) is 10.8 Å². The number of rotatable bonds is 4. The molecule has 0 aliphatic carbocycles. The highest BCUT2D eigenvalue weighted by Crippen LogP contribution is 2.40. The molecule has 1 saturated heterocycles. The van der Waals surface area contributed by atoms with Crippen molar-refractivity contribution in [2.45, 2.75) is 10.9 Å². The van der Waals surface area contributed by atoms with Gasteiger partial charge in [0.15, 0.2) is 0 Å². The van der Waals surface area contributed by atoms with Crippen molar-refractivity contribution in [1.82, 2.24) is 4.31 Å². The lowest BCUT2D eigenvalue weighted by Crippen LogP contribution is -2.46. The first-order valence-electron chi connectivity index (χ1n) is 10.5. The van der Waals surface area contributed by atoms with Crippen LogP contribution < -0.4 is 4.90 Å². The fourth-order valence-electron chi connectivity index (χ4n) is 4.23. The van der Waals surface area contributed by atoms with E-state index in [4.69, 9.17) is 34.8 Å². The average molecular weight is 500 g/mol. The molecule has 1 fully saturated rings. The van der Waals surface area contributed by atoms with Gasteiger partial charge in [-0.15, -0.1) is 0 Å². The number of halogens is 3. The van der Waals surface area contributed by atoms with Gasteiger partial charge in [-0.25, -0.2) is 4.31 Å². The van der Waals surface area contributed by atoms with Gasteiger partial charge in [-0.1, -0.05) is 83.3 Å². The maximum atomic E-state index is 6.61. The second-order valence-electron chi connectivity index (χ2n) is 7.81. The molecule has 0 saturated carbocycles. The summed E-state index contributed by atoms with van der Waals surface area (Å²) in [5, 5.41) is 4.60. The second-order valence-corrected chi connectivity index (χ2v) is 10.2. The molecular formula is C26H21Cl3N2S. The molecule has 1 heterocycles. The number of anilines is 1. The van der Waals surface area contributed by atoms with Gasteiger partial charge in [-0.2, -0.15) is 0 Å². The molecule has 1 unspecified atom stereocenters. The summed E-state index contributed by atoms with van der Waals surface area (Å²) < 4.78 is 2.45. The maximum absolute atomic E-state index is 6.61. The van der Waals surface area contributed by atoms with Crippen LogP contribution in [0.3, 0.4) is 0 Å². The summed E-state index contributed by atoms with van der Waals surface area (Å²) in [6.45, 7) is 2.62. The fraction of sp³-hybridized carbons (Fsp3) is 0.154. The number of nitrogens with zero attached hydrogens (tertiary/aromatic N) is 2. The number of piperazine rings is 1. The zero-order valence-electron chi connectivity index (χ0n) is 17.2. The Morgan fingerprint density at radius 3 is 2.31 bits per heavy atom. The van der Waals surface area contributed by atoms with E-state index in [1.807, 2.05) is 42.3 Å². The molecule has 162 valence electrons. The smallest absolute Gasteiger partial charge is 0.0680 e. The zero-order valence-corrected chi connectivity index (χ0v) is 20.3. The van der Waals surface area contributed by atoms with Crippen LogP contribution in [0.4, 0.5) is 5.69 Å². The number of benzene rings is 4. The van der Waals surface area contributed by atoms with E-state index in [-0.39, 0.29) is 6.04 Å². The van der Waals surface area contributed by atoms with Crippen molar-refractivity contribution >= 4 is 63.2 Å². The van der Waals surface area contributed by atoms with E-state index in [1.165, 1.54) is 21.2 Å². The molecule has 1 atom stereocenters. The van der Waals surface area contributed by atoms with E-state index in [2.05, 4.69) is 63.8 Å². The van der Waals surface area contributed by atoms with Crippen LogP contribution >= 0.6 is 46.8 Å². The maximum Gasteiger partial charge on any atom is 0.0680 e. The van der Waals surface area contributed by atoms with E-state index in [1.54, 1.807) is 0 Å². The Hall–Kier alpha value is -1.88. The van der Waals surface area contributed by atoms with E-state index in [0.29, 0.717) is 10.0 Å². The Balaban J connectivity index is 1.46. The van der Waals surface area contributed by atoms with Crippen molar-refractivity contribution < 1.29 is 0 Å². The van der Waals surface area contributed by atoms with E-state index < -0.39 is 0 Å². The van der Waals surface area contributed by atoms with E-state index in [0.717, 1.165) is 30.3 Å². The summed E-state index contributed by atoms with van der Waals surface area (Å²) in [5.74, 6) is 0. The first-order valence-corrected chi connectivity index (χ1v) is 12.4. The molecule has 6 heteroatoms. The molecule has 0 amide bonds. The molecule has 0 N–H and O–H groups in total.